The molecule has 0 spiro atoms. The summed E-state index contributed by atoms with van der Waals surface area (Å²) in [6.45, 7) is 1.56. The van der Waals surface area contributed by atoms with E-state index >= 15 is 0 Å². The predicted molar refractivity (Wildman–Crippen MR) is 68.1 cm³/mol. The van der Waals surface area contributed by atoms with Gasteiger partial charge in [-0.2, -0.15) is 0 Å². The highest BCUT2D eigenvalue weighted by atomic mass is 32.2. The van der Waals surface area contributed by atoms with Gasteiger partial charge in [0.1, 0.15) is 0 Å². The molecule has 0 aliphatic rings. The van der Waals surface area contributed by atoms with Gasteiger partial charge in [0.15, 0.2) is 14.9 Å². The lowest BCUT2D eigenvalue weighted by atomic mass is 10.1. The fraction of sp³-hybridized carbons (Fsp3) is 0.182. The molecule has 6 heteroatoms. The highest BCUT2D eigenvalue weighted by Crippen LogP contribution is 2.24. The molecule has 0 unspecified atom stereocenters. The number of rotatable bonds is 3. The maximum atomic E-state index is 11.8. The van der Waals surface area contributed by atoms with Gasteiger partial charge in [-0.1, -0.05) is 37.3 Å². The zero-order valence-electron chi connectivity index (χ0n) is 9.14. The maximum Gasteiger partial charge on any atom is 0.258 e. The Balaban J connectivity index is 2.72. The summed E-state index contributed by atoms with van der Waals surface area (Å²) < 4.78 is 26.0. The fourth-order valence-corrected chi connectivity index (χ4v) is 3.62. The van der Waals surface area contributed by atoms with Gasteiger partial charge in [0.2, 0.25) is 0 Å². The summed E-state index contributed by atoms with van der Waals surface area (Å²) in [4.78, 5) is 11.7. The second-order valence-corrected chi connectivity index (χ2v) is 6.46. The number of aromatic nitrogens is 1. The average molecular weight is 269 g/mol. The van der Waals surface area contributed by atoms with E-state index in [1.165, 1.54) is 0 Å². The molecule has 1 aromatic heterocycles. The van der Waals surface area contributed by atoms with Crippen molar-refractivity contribution in [2.75, 3.05) is 5.75 Å². The van der Waals surface area contributed by atoms with Crippen molar-refractivity contribution in [3.05, 3.63) is 39.9 Å². The van der Waals surface area contributed by atoms with Crippen LogP contribution in [-0.4, -0.2) is 18.5 Å². The van der Waals surface area contributed by atoms with Gasteiger partial charge >= 0.3 is 0 Å². The van der Waals surface area contributed by atoms with Crippen molar-refractivity contribution >= 4 is 21.4 Å². The first-order valence-electron chi connectivity index (χ1n) is 5.06. The van der Waals surface area contributed by atoms with Gasteiger partial charge in [-0.25, -0.2) is 8.42 Å². The van der Waals surface area contributed by atoms with Crippen LogP contribution in [0.15, 0.2) is 40.2 Å². The van der Waals surface area contributed by atoms with E-state index in [-0.39, 0.29) is 21.1 Å². The van der Waals surface area contributed by atoms with Crippen LogP contribution in [0.3, 0.4) is 0 Å². The molecule has 1 N–H and O–H groups in total. The second-order valence-electron chi connectivity index (χ2n) is 3.47. The predicted octanol–water partition coefficient (Wildman–Crippen LogP) is 1.90. The molecule has 0 aliphatic carbocycles. The molecule has 2 rings (SSSR count). The first-order chi connectivity index (χ1) is 8.06. The average Bonchev–Trinajstić information content (AvgIpc) is 2.73. The normalized spacial score (nSPS) is 11.6. The summed E-state index contributed by atoms with van der Waals surface area (Å²) in [5, 5.41) is 0.0289. The molecule has 1 heterocycles. The minimum atomic E-state index is -3.40. The lowest BCUT2D eigenvalue weighted by Gasteiger charge is -2.02. The number of hydrogen-bond acceptors (Lipinski definition) is 4. The highest BCUT2D eigenvalue weighted by Gasteiger charge is 2.22. The maximum absolute atomic E-state index is 11.8. The van der Waals surface area contributed by atoms with E-state index in [1.807, 2.05) is 6.07 Å². The molecule has 2 aromatic rings. The van der Waals surface area contributed by atoms with Gasteiger partial charge in [0.05, 0.1) is 11.3 Å². The van der Waals surface area contributed by atoms with Gasteiger partial charge in [-0.15, -0.1) is 0 Å². The lowest BCUT2D eigenvalue weighted by Crippen LogP contribution is -2.07. The van der Waals surface area contributed by atoms with Crippen molar-refractivity contribution in [1.82, 2.24) is 4.37 Å². The molecule has 0 atom stereocenters. The van der Waals surface area contributed by atoms with Gasteiger partial charge < -0.3 is 0 Å². The third-order valence-electron chi connectivity index (χ3n) is 2.42. The highest BCUT2D eigenvalue weighted by molar-refractivity contribution is 7.91. The largest absolute Gasteiger partial charge is 0.298 e. The summed E-state index contributed by atoms with van der Waals surface area (Å²) in [7, 11) is -3.40. The first-order valence-corrected chi connectivity index (χ1v) is 7.53. The van der Waals surface area contributed by atoms with Crippen molar-refractivity contribution in [3.63, 3.8) is 0 Å². The van der Waals surface area contributed by atoms with E-state index < -0.39 is 9.84 Å². The van der Waals surface area contributed by atoms with Crippen LogP contribution >= 0.6 is 11.5 Å². The van der Waals surface area contributed by atoms with Gasteiger partial charge in [-0.3, -0.25) is 9.17 Å². The third kappa shape index (κ3) is 2.18. The van der Waals surface area contributed by atoms with Crippen LogP contribution in [-0.2, 0) is 9.84 Å². The first kappa shape index (κ1) is 12.1. The minimum Gasteiger partial charge on any atom is -0.298 e. The Hall–Kier alpha value is -1.40. The van der Waals surface area contributed by atoms with E-state index in [9.17, 15) is 13.2 Å². The second kappa shape index (κ2) is 4.46. The molecule has 1 aromatic carbocycles. The van der Waals surface area contributed by atoms with E-state index in [2.05, 4.69) is 4.37 Å². The van der Waals surface area contributed by atoms with E-state index in [1.54, 1.807) is 31.2 Å². The van der Waals surface area contributed by atoms with Gasteiger partial charge in [-0.05, 0) is 17.1 Å². The molecule has 0 saturated carbocycles. The molecule has 0 bridgehead atoms. The molecule has 0 aliphatic heterocycles. The van der Waals surface area contributed by atoms with Crippen LogP contribution in [0.1, 0.15) is 6.92 Å². The fourth-order valence-electron chi connectivity index (χ4n) is 1.50. The number of H-pyrrole nitrogens is 1. The molecular formula is C11H11NO3S2. The van der Waals surface area contributed by atoms with Gasteiger partial charge in [0, 0.05) is 0 Å². The van der Waals surface area contributed by atoms with Crippen molar-refractivity contribution in [1.29, 1.82) is 0 Å². The topological polar surface area (TPSA) is 67.0 Å². The van der Waals surface area contributed by atoms with E-state index in [0.29, 0.717) is 5.56 Å². The number of nitrogens with one attached hydrogen (secondary N) is 1. The van der Waals surface area contributed by atoms with Crippen molar-refractivity contribution < 1.29 is 8.42 Å². The Morgan fingerprint density at radius 1 is 1.24 bits per heavy atom. The van der Waals surface area contributed by atoms with Crippen molar-refractivity contribution in [2.24, 2.45) is 0 Å². The number of sulfone groups is 1. The molecule has 4 nitrogen and oxygen atoms in total. The lowest BCUT2D eigenvalue weighted by molar-refractivity contribution is 0.595. The van der Waals surface area contributed by atoms with Crippen LogP contribution < -0.4 is 4.74 Å². The molecule has 17 heavy (non-hydrogen) atoms. The third-order valence-corrected chi connectivity index (χ3v) is 4.93. The van der Waals surface area contributed by atoms with Crippen LogP contribution in [0.2, 0.25) is 0 Å². The Morgan fingerprint density at radius 2 is 1.88 bits per heavy atom. The molecular weight excluding hydrogens is 258 g/mol. The van der Waals surface area contributed by atoms with Crippen LogP contribution in [0, 0.1) is 0 Å². The summed E-state index contributed by atoms with van der Waals surface area (Å²) in [5.41, 5.74) is 0.875. The van der Waals surface area contributed by atoms with Crippen LogP contribution in [0.25, 0.3) is 11.1 Å². The van der Waals surface area contributed by atoms with Crippen LogP contribution in [0.4, 0.5) is 0 Å². The van der Waals surface area contributed by atoms with Crippen molar-refractivity contribution in [3.8, 4) is 11.1 Å². The zero-order chi connectivity index (χ0) is 12.5. The monoisotopic (exact) mass is 269 g/mol. The Kier molecular flexibility index (Phi) is 3.17. The zero-order valence-corrected chi connectivity index (χ0v) is 10.8. The standard InChI is InChI=1S/C11H11NO3S2/c1-2-17(14,15)10-9(11(13)16-12-10)8-6-4-3-5-7-8/h3-7,12H,2H2,1H3. The molecule has 0 amide bonds. The Morgan fingerprint density at radius 3 is 2.47 bits per heavy atom. The van der Waals surface area contributed by atoms with Crippen molar-refractivity contribution in [2.45, 2.75) is 11.9 Å². The van der Waals surface area contributed by atoms with E-state index in [4.69, 9.17) is 0 Å². The summed E-state index contributed by atoms with van der Waals surface area (Å²) >= 11 is 0.808. The summed E-state index contributed by atoms with van der Waals surface area (Å²) in [5.74, 6) is -0.0283. The Bertz CT molecular complexity index is 668. The quantitative estimate of drug-likeness (QED) is 0.925. The smallest absolute Gasteiger partial charge is 0.258 e. The minimum absolute atomic E-state index is 0.0283. The molecule has 0 radical (unpaired) electrons. The summed E-state index contributed by atoms with van der Waals surface area (Å²) in [6, 6.07) is 8.82. The van der Waals surface area contributed by atoms with E-state index in [0.717, 1.165) is 11.5 Å². The number of aromatic amines is 1. The SMILES string of the molecule is CCS(=O)(=O)c1[nH]sc(=O)c1-c1ccccc1. The molecule has 90 valence electrons. The van der Waals surface area contributed by atoms with Gasteiger partial charge in [0.25, 0.3) is 4.74 Å². The number of hydrogen-bond donors (Lipinski definition) is 1. The van der Waals surface area contributed by atoms with Crippen LogP contribution in [0.5, 0.6) is 0 Å². The Labute approximate surface area is 103 Å². The molecule has 0 fully saturated rings. The summed E-state index contributed by atoms with van der Waals surface area (Å²) in [6.07, 6.45) is 0. The number of benzene rings is 1. The molecule has 0 saturated heterocycles.